The van der Waals surface area contributed by atoms with E-state index in [1.807, 2.05) is 30.1 Å². The molecule has 0 unspecified atom stereocenters. The smallest absolute Gasteiger partial charge is 0.308 e. The van der Waals surface area contributed by atoms with Crippen molar-refractivity contribution in [2.24, 2.45) is 12.0 Å². The Bertz CT molecular complexity index is 559. The average Bonchev–Trinajstić information content (AvgIpc) is 2.63. The number of nitrogens with zero attached hydrogens (tertiary/aromatic N) is 3. The summed E-state index contributed by atoms with van der Waals surface area (Å²) in [6.45, 7) is 2.52. The third kappa shape index (κ3) is 3.08. The maximum absolute atomic E-state index is 5.81. The highest BCUT2D eigenvalue weighted by atomic mass is 35.5. The van der Waals surface area contributed by atoms with Gasteiger partial charge in [-0.15, -0.1) is 0 Å². The molecule has 0 N–H and O–H groups in total. The Hall–Kier alpha value is -1.33. The molecule has 4 nitrogen and oxygen atoms in total. The van der Waals surface area contributed by atoms with Crippen LogP contribution in [0, 0.1) is 0 Å². The summed E-state index contributed by atoms with van der Waals surface area (Å²) in [7, 11) is 1.89. The fourth-order valence-electron chi connectivity index (χ4n) is 1.26. The third-order valence-electron chi connectivity index (χ3n) is 2.00. The van der Waals surface area contributed by atoms with Crippen LogP contribution >= 0.6 is 23.1 Å². The van der Waals surface area contributed by atoms with Crippen molar-refractivity contribution >= 4 is 28.8 Å². The van der Waals surface area contributed by atoms with Gasteiger partial charge in [-0.2, -0.15) is 4.98 Å². The molecule has 0 atom stereocenters. The van der Waals surface area contributed by atoms with Crippen molar-refractivity contribution in [3.8, 4) is 6.01 Å². The number of ether oxygens (including phenoxy) is 1. The van der Waals surface area contributed by atoms with E-state index in [4.69, 9.17) is 16.3 Å². The lowest BCUT2D eigenvalue weighted by Gasteiger charge is -1.97. The number of aromatic nitrogens is 2. The molecule has 0 aliphatic carbocycles. The molecule has 2 aromatic rings. The number of halogens is 1. The molecule has 90 valence electrons. The van der Waals surface area contributed by atoms with Gasteiger partial charge in [-0.25, -0.2) is 4.99 Å². The van der Waals surface area contributed by atoms with Gasteiger partial charge in [-0.1, -0.05) is 11.6 Å². The van der Waals surface area contributed by atoms with E-state index in [0.717, 1.165) is 5.69 Å². The Kier molecular flexibility index (Phi) is 3.81. The predicted molar refractivity (Wildman–Crippen MR) is 68.9 cm³/mol. The van der Waals surface area contributed by atoms with Crippen molar-refractivity contribution in [1.29, 1.82) is 0 Å². The first-order chi connectivity index (χ1) is 8.19. The number of rotatable bonds is 3. The maximum atomic E-state index is 5.81. The topological polar surface area (TPSA) is 39.4 Å². The molecule has 1 aromatic carbocycles. The summed E-state index contributed by atoms with van der Waals surface area (Å²) in [5.74, 6) is 0. The second-order valence-electron chi connectivity index (χ2n) is 3.29. The standard InChI is InChI=1S/C11H12ClN3OS/c1-3-16-11-14-10(17-15(11)2)13-9-6-4-8(12)5-7-9/h4-7H,3H2,1-2H3. The summed E-state index contributed by atoms with van der Waals surface area (Å²) in [5, 5.41) is 0.698. The van der Waals surface area contributed by atoms with Crippen molar-refractivity contribution < 1.29 is 4.74 Å². The summed E-state index contributed by atoms with van der Waals surface area (Å²) in [6.07, 6.45) is 0. The lowest BCUT2D eigenvalue weighted by Crippen LogP contribution is -2.00. The fraction of sp³-hybridized carbons (Fsp3) is 0.273. The van der Waals surface area contributed by atoms with Crippen LogP contribution < -0.4 is 9.54 Å². The molecule has 0 amide bonds. The molecule has 2 rings (SSSR count). The quantitative estimate of drug-likeness (QED) is 0.860. The lowest BCUT2D eigenvalue weighted by molar-refractivity contribution is 0.305. The van der Waals surface area contributed by atoms with Crippen LogP contribution in [0.4, 0.5) is 5.69 Å². The van der Waals surface area contributed by atoms with E-state index in [1.165, 1.54) is 11.5 Å². The summed E-state index contributed by atoms with van der Waals surface area (Å²) < 4.78 is 7.20. The number of benzene rings is 1. The monoisotopic (exact) mass is 269 g/mol. The number of aryl methyl sites for hydroxylation is 1. The SMILES string of the molecule is CCOc1nc(=Nc2ccc(Cl)cc2)sn1C. The molecule has 0 spiro atoms. The van der Waals surface area contributed by atoms with Crippen molar-refractivity contribution in [1.82, 2.24) is 8.94 Å². The Balaban J connectivity index is 2.33. The average molecular weight is 270 g/mol. The first kappa shape index (κ1) is 12.1. The molecule has 1 heterocycles. The maximum Gasteiger partial charge on any atom is 0.308 e. The van der Waals surface area contributed by atoms with Crippen molar-refractivity contribution in [3.05, 3.63) is 34.1 Å². The second kappa shape index (κ2) is 5.33. The van der Waals surface area contributed by atoms with E-state index in [9.17, 15) is 0 Å². The van der Waals surface area contributed by atoms with E-state index in [-0.39, 0.29) is 0 Å². The largest absolute Gasteiger partial charge is 0.464 e. The van der Waals surface area contributed by atoms with Crippen LogP contribution in [-0.2, 0) is 7.05 Å². The van der Waals surface area contributed by atoms with Gasteiger partial charge in [0.1, 0.15) is 0 Å². The second-order valence-corrected chi connectivity index (χ2v) is 4.82. The van der Waals surface area contributed by atoms with E-state index in [1.54, 1.807) is 12.1 Å². The Labute approximate surface area is 108 Å². The van der Waals surface area contributed by atoms with E-state index >= 15 is 0 Å². The van der Waals surface area contributed by atoms with Crippen LogP contribution in [0.15, 0.2) is 29.3 Å². The molecular weight excluding hydrogens is 258 g/mol. The van der Waals surface area contributed by atoms with Crippen LogP contribution in [0.2, 0.25) is 5.02 Å². The van der Waals surface area contributed by atoms with Gasteiger partial charge >= 0.3 is 6.01 Å². The minimum Gasteiger partial charge on any atom is -0.464 e. The molecule has 0 radical (unpaired) electrons. The molecule has 0 fully saturated rings. The van der Waals surface area contributed by atoms with Crippen molar-refractivity contribution in [2.75, 3.05) is 6.61 Å². The Morgan fingerprint density at radius 3 is 2.76 bits per heavy atom. The van der Waals surface area contributed by atoms with Gasteiger partial charge in [0.15, 0.2) is 0 Å². The molecule has 0 aliphatic heterocycles. The van der Waals surface area contributed by atoms with Crippen LogP contribution in [-0.4, -0.2) is 15.5 Å². The van der Waals surface area contributed by atoms with Gasteiger partial charge in [-0.3, -0.25) is 3.96 Å². The number of hydrogen-bond donors (Lipinski definition) is 0. The van der Waals surface area contributed by atoms with Crippen molar-refractivity contribution in [3.63, 3.8) is 0 Å². The molecule has 6 heteroatoms. The molecule has 0 aliphatic rings. The van der Waals surface area contributed by atoms with Gasteiger partial charge in [-0.05, 0) is 42.7 Å². The minimum atomic E-state index is 0.588. The fourth-order valence-corrected chi connectivity index (χ4v) is 2.07. The number of hydrogen-bond acceptors (Lipinski definition) is 4. The van der Waals surface area contributed by atoms with Gasteiger partial charge in [0.05, 0.1) is 12.3 Å². The van der Waals surface area contributed by atoms with Crippen LogP contribution in [0.25, 0.3) is 0 Å². The van der Waals surface area contributed by atoms with E-state index in [0.29, 0.717) is 22.4 Å². The summed E-state index contributed by atoms with van der Waals surface area (Å²) >= 11 is 7.24. The lowest BCUT2D eigenvalue weighted by atomic mass is 10.3. The van der Waals surface area contributed by atoms with Crippen molar-refractivity contribution in [2.45, 2.75) is 6.92 Å². The summed E-state index contributed by atoms with van der Waals surface area (Å²) in [5.41, 5.74) is 0.826. The van der Waals surface area contributed by atoms with Gasteiger partial charge < -0.3 is 4.74 Å². The highest BCUT2D eigenvalue weighted by Gasteiger charge is 2.02. The zero-order valence-electron chi connectivity index (χ0n) is 9.55. The first-order valence-corrected chi connectivity index (χ1v) is 6.31. The van der Waals surface area contributed by atoms with E-state index in [2.05, 4.69) is 9.98 Å². The molecule has 17 heavy (non-hydrogen) atoms. The van der Waals surface area contributed by atoms with Gasteiger partial charge in [0.2, 0.25) is 4.80 Å². The Morgan fingerprint density at radius 2 is 2.12 bits per heavy atom. The third-order valence-corrected chi connectivity index (χ3v) is 3.03. The molecule has 1 aromatic heterocycles. The summed E-state index contributed by atoms with van der Waals surface area (Å²) in [6, 6.07) is 7.90. The van der Waals surface area contributed by atoms with Crippen LogP contribution in [0.1, 0.15) is 6.92 Å². The van der Waals surface area contributed by atoms with E-state index < -0.39 is 0 Å². The first-order valence-electron chi connectivity index (χ1n) is 5.16. The van der Waals surface area contributed by atoms with Crippen LogP contribution in [0.5, 0.6) is 6.01 Å². The predicted octanol–water partition coefficient (Wildman–Crippen LogP) is 2.77. The molecule has 0 bridgehead atoms. The van der Waals surface area contributed by atoms with Gasteiger partial charge in [0.25, 0.3) is 0 Å². The molecular formula is C11H12ClN3OS. The van der Waals surface area contributed by atoms with Gasteiger partial charge in [0, 0.05) is 12.1 Å². The summed E-state index contributed by atoms with van der Waals surface area (Å²) in [4.78, 5) is 9.34. The molecule has 0 saturated heterocycles. The zero-order valence-corrected chi connectivity index (χ0v) is 11.1. The Morgan fingerprint density at radius 1 is 1.41 bits per heavy atom. The minimum absolute atomic E-state index is 0.588. The molecule has 0 saturated carbocycles. The van der Waals surface area contributed by atoms with Crippen LogP contribution in [0.3, 0.4) is 0 Å². The highest BCUT2D eigenvalue weighted by molar-refractivity contribution is 7.03. The highest BCUT2D eigenvalue weighted by Crippen LogP contribution is 2.16. The normalized spacial score (nSPS) is 11.8. The zero-order chi connectivity index (χ0) is 12.3.